The number of H-pyrrole nitrogens is 1. The molecule has 156 valence electrons. The van der Waals surface area contributed by atoms with Crippen molar-refractivity contribution in [2.75, 3.05) is 13.1 Å². The van der Waals surface area contributed by atoms with Crippen LogP contribution in [0.15, 0.2) is 34.2 Å². The van der Waals surface area contributed by atoms with Gasteiger partial charge in [0.2, 0.25) is 5.91 Å². The maximum absolute atomic E-state index is 12.0. The number of hydrogen-bond donors (Lipinski definition) is 3. The summed E-state index contributed by atoms with van der Waals surface area (Å²) in [6, 6.07) is 6.80. The summed E-state index contributed by atoms with van der Waals surface area (Å²) >= 11 is 5.05. The smallest absolute Gasteiger partial charge is 0.263 e. The van der Waals surface area contributed by atoms with Crippen LogP contribution in [0, 0.1) is 4.77 Å². The Morgan fingerprint density at radius 3 is 2.83 bits per heavy atom. The van der Waals surface area contributed by atoms with Gasteiger partial charge in [0, 0.05) is 38.5 Å². The molecule has 0 aliphatic carbocycles. The van der Waals surface area contributed by atoms with Crippen molar-refractivity contribution in [1.82, 2.24) is 24.8 Å². The first-order valence-electron chi connectivity index (χ1n) is 9.42. The van der Waals surface area contributed by atoms with Crippen LogP contribution in [-0.4, -0.2) is 48.0 Å². The molecule has 2 heterocycles. The minimum atomic E-state index is -3.49. The topological polar surface area (TPSA) is 121 Å². The number of nitrogens with zero attached hydrogens (tertiary/aromatic N) is 3. The molecule has 3 N–H and O–H groups in total. The van der Waals surface area contributed by atoms with Gasteiger partial charge in [-0.15, -0.1) is 0 Å². The quantitative estimate of drug-likeness (QED) is 0.406. The van der Waals surface area contributed by atoms with E-state index in [1.165, 1.54) is 0 Å². The summed E-state index contributed by atoms with van der Waals surface area (Å²) in [5.41, 5.74) is 0.611. The van der Waals surface area contributed by atoms with Gasteiger partial charge in [-0.25, -0.2) is 8.42 Å². The summed E-state index contributed by atoms with van der Waals surface area (Å²) in [5.74, 6) is 1.20. The van der Waals surface area contributed by atoms with E-state index in [1.54, 1.807) is 28.8 Å². The third-order valence-electron chi connectivity index (χ3n) is 4.64. The lowest BCUT2D eigenvalue weighted by atomic mass is 10.2. The van der Waals surface area contributed by atoms with Gasteiger partial charge in [-0.2, -0.15) is 5.10 Å². The average molecular weight is 437 g/mol. The van der Waals surface area contributed by atoms with Crippen molar-refractivity contribution in [1.29, 1.82) is 0 Å². The van der Waals surface area contributed by atoms with Crippen LogP contribution in [-0.2, 0) is 28.3 Å². The van der Waals surface area contributed by atoms with E-state index < -0.39 is 10.0 Å². The Labute approximate surface area is 174 Å². The summed E-state index contributed by atoms with van der Waals surface area (Å²) in [4.78, 5) is 16.5. The van der Waals surface area contributed by atoms with Crippen LogP contribution in [0.1, 0.15) is 37.1 Å². The molecule has 3 rings (SSSR count). The molecule has 0 saturated heterocycles. The van der Waals surface area contributed by atoms with E-state index in [0.29, 0.717) is 42.1 Å². The van der Waals surface area contributed by atoms with Crippen molar-refractivity contribution in [3.05, 3.63) is 40.4 Å². The number of carbonyl (C=O) groups is 1. The van der Waals surface area contributed by atoms with Crippen LogP contribution in [0.2, 0.25) is 0 Å². The van der Waals surface area contributed by atoms with Gasteiger partial charge < -0.3 is 9.88 Å². The number of benzene rings is 1. The fourth-order valence-corrected chi connectivity index (χ4v) is 4.42. The van der Waals surface area contributed by atoms with Crippen molar-refractivity contribution in [2.24, 2.45) is 12.0 Å². The first-order chi connectivity index (χ1) is 13.9. The number of amidine groups is 1. The third-order valence-corrected chi connectivity index (χ3v) is 6.40. The number of nitrogens with one attached hydrogen (secondary N) is 3. The molecule has 2 aromatic rings. The lowest BCUT2D eigenvalue weighted by Gasteiger charge is -2.05. The number of fused-ring (bicyclic) bond motifs is 1. The first-order valence-corrected chi connectivity index (χ1v) is 11.3. The molecule has 0 fully saturated rings. The molecule has 1 aromatic carbocycles. The van der Waals surface area contributed by atoms with Gasteiger partial charge >= 0.3 is 0 Å². The van der Waals surface area contributed by atoms with E-state index in [1.807, 2.05) is 7.05 Å². The zero-order valence-corrected chi connectivity index (χ0v) is 17.8. The fourth-order valence-electron chi connectivity index (χ4n) is 3.02. The van der Waals surface area contributed by atoms with Crippen LogP contribution in [0.3, 0.4) is 0 Å². The molecule has 0 unspecified atom stereocenters. The number of aromatic nitrogens is 3. The lowest BCUT2D eigenvalue weighted by molar-refractivity contribution is -0.121. The molecule has 1 amide bonds. The maximum atomic E-state index is 12.0. The zero-order chi connectivity index (χ0) is 20.9. The van der Waals surface area contributed by atoms with Crippen molar-refractivity contribution < 1.29 is 13.2 Å². The van der Waals surface area contributed by atoms with Crippen molar-refractivity contribution >= 4 is 34.0 Å². The lowest BCUT2D eigenvalue weighted by Crippen LogP contribution is -2.26. The molecule has 9 nitrogen and oxygen atoms in total. The SMILES string of the molecule is Cn1c(CCNC(=O)CCCCCN=C2NS(=O)(=O)c3ccccc32)n[nH]c1=S. The number of rotatable bonds is 9. The molecule has 0 atom stereocenters. The molecule has 0 saturated carbocycles. The maximum Gasteiger partial charge on any atom is 0.263 e. The summed E-state index contributed by atoms with van der Waals surface area (Å²) < 4.78 is 28.9. The van der Waals surface area contributed by atoms with Crippen LogP contribution in [0.5, 0.6) is 0 Å². The van der Waals surface area contributed by atoms with Gasteiger partial charge in [-0.05, 0) is 37.2 Å². The van der Waals surface area contributed by atoms with Crippen molar-refractivity contribution in [2.45, 2.75) is 37.0 Å². The van der Waals surface area contributed by atoms with Gasteiger partial charge in [0.1, 0.15) is 11.7 Å². The highest BCUT2D eigenvalue weighted by atomic mass is 32.2. The normalized spacial score (nSPS) is 15.8. The number of carbonyl (C=O) groups excluding carboxylic acids is 1. The Kier molecular flexibility index (Phi) is 6.80. The van der Waals surface area contributed by atoms with E-state index >= 15 is 0 Å². The Bertz CT molecular complexity index is 1070. The van der Waals surface area contributed by atoms with Gasteiger partial charge in [0.05, 0.1) is 4.90 Å². The molecule has 0 radical (unpaired) electrons. The van der Waals surface area contributed by atoms with E-state index in [9.17, 15) is 13.2 Å². The molecule has 1 aliphatic heterocycles. The standard InChI is InChI=1S/C18H24N6O3S2/c1-24-15(21-22-18(24)28)10-12-19-16(25)9-3-2-6-11-20-17-13-7-4-5-8-14(13)29(26,27)23-17/h4-5,7-8H,2-3,6,9-12H2,1H3,(H,19,25)(H,20,23)(H,22,28). The number of amides is 1. The third kappa shape index (κ3) is 5.30. The fraction of sp³-hybridized carbons (Fsp3) is 0.444. The number of aliphatic imine (C=N–C) groups is 1. The first kappa shape index (κ1) is 21.2. The average Bonchev–Trinajstić information content (AvgIpc) is 3.15. The minimum Gasteiger partial charge on any atom is -0.356 e. The molecule has 0 spiro atoms. The van der Waals surface area contributed by atoms with Gasteiger partial charge in [0.25, 0.3) is 10.0 Å². The Balaban J connectivity index is 1.33. The Morgan fingerprint density at radius 1 is 1.28 bits per heavy atom. The van der Waals surface area contributed by atoms with Crippen LogP contribution in [0.4, 0.5) is 0 Å². The van der Waals surface area contributed by atoms with Gasteiger partial charge in [0.15, 0.2) is 4.77 Å². The van der Waals surface area contributed by atoms with E-state index in [0.717, 1.165) is 25.1 Å². The highest BCUT2D eigenvalue weighted by molar-refractivity contribution is 7.90. The van der Waals surface area contributed by atoms with Crippen LogP contribution >= 0.6 is 12.2 Å². The summed E-state index contributed by atoms with van der Waals surface area (Å²) in [7, 11) is -1.66. The van der Waals surface area contributed by atoms with Crippen LogP contribution in [0.25, 0.3) is 0 Å². The van der Waals surface area contributed by atoms with Gasteiger partial charge in [-0.3, -0.25) is 19.6 Å². The van der Waals surface area contributed by atoms with Crippen molar-refractivity contribution in [3.8, 4) is 0 Å². The highest BCUT2D eigenvalue weighted by Crippen LogP contribution is 2.22. The Hall–Kier alpha value is -2.53. The summed E-state index contributed by atoms with van der Waals surface area (Å²) in [6.07, 6.45) is 3.44. The monoisotopic (exact) mass is 436 g/mol. The molecular weight excluding hydrogens is 412 g/mol. The molecular formula is C18H24N6O3S2. The molecule has 29 heavy (non-hydrogen) atoms. The van der Waals surface area contributed by atoms with Crippen LogP contribution < -0.4 is 10.0 Å². The predicted octanol–water partition coefficient (Wildman–Crippen LogP) is 1.44. The Morgan fingerprint density at radius 2 is 2.07 bits per heavy atom. The molecule has 1 aromatic heterocycles. The molecule has 0 bridgehead atoms. The van der Waals surface area contributed by atoms with E-state index in [-0.39, 0.29) is 10.8 Å². The summed E-state index contributed by atoms with van der Waals surface area (Å²) in [5, 5.41) is 9.70. The second kappa shape index (κ2) is 9.31. The molecule has 11 heteroatoms. The van der Waals surface area contributed by atoms with Gasteiger partial charge in [-0.1, -0.05) is 18.6 Å². The second-order valence-corrected chi connectivity index (χ2v) is 8.78. The second-order valence-electron chi connectivity index (χ2n) is 6.75. The number of hydrogen-bond acceptors (Lipinski definition) is 6. The number of aromatic amines is 1. The number of unbranched alkanes of at least 4 members (excludes halogenated alkanes) is 2. The minimum absolute atomic E-state index is 0.00517. The summed E-state index contributed by atoms with van der Waals surface area (Å²) in [6.45, 7) is 1.02. The van der Waals surface area contributed by atoms with E-state index in [4.69, 9.17) is 12.2 Å². The predicted molar refractivity (Wildman–Crippen MR) is 112 cm³/mol. The highest BCUT2D eigenvalue weighted by Gasteiger charge is 2.29. The van der Waals surface area contributed by atoms with E-state index in [2.05, 4.69) is 25.2 Å². The largest absolute Gasteiger partial charge is 0.356 e. The molecule has 1 aliphatic rings. The number of sulfonamides is 1. The zero-order valence-electron chi connectivity index (χ0n) is 16.1. The van der Waals surface area contributed by atoms with Crippen molar-refractivity contribution in [3.63, 3.8) is 0 Å².